The molecular formula is C15H15N5O2. The Balaban J connectivity index is 1.63. The molecule has 0 saturated heterocycles. The first-order chi connectivity index (χ1) is 10.7. The second-order valence-electron chi connectivity index (χ2n) is 5.00. The monoisotopic (exact) mass is 297 g/mol. The summed E-state index contributed by atoms with van der Waals surface area (Å²) in [5.41, 5.74) is 1.40. The van der Waals surface area contributed by atoms with E-state index in [1.807, 2.05) is 0 Å². The lowest BCUT2D eigenvalue weighted by Crippen LogP contribution is -2.30. The topological polar surface area (TPSA) is 96.0 Å². The number of hydrogen-bond donors (Lipinski definition) is 3. The molecule has 1 aromatic carbocycles. The van der Waals surface area contributed by atoms with E-state index in [2.05, 4.69) is 25.9 Å². The Hall–Kier alpha value is -2.96. The first-order valence-electron chi connectivity index (χ1n) is 6.95. The first kappa shape index (κ1) is 14.0. The van der Waals surface area contributed by atoms with E-state index in [1.165, 1.54) is 18.6 Å². The molecule has 1 fully saturated rings. The van der Waals surface area contributed by atoms with Crippen molar-refractivity contribution in [1.82, 2.24) is 15.3 Å². The van der Waals surface area contributed by atoms with Gasteiger partial charge in [0.15, 0.2) is 0 Å². The molecule has 22 heavy (non-hydrogen) atoms. The molecule has 0 atom stereocenters. The van der Waals surface area contributed by atoms with Gasteiger partial charge in [0.1, 0.15) is 5.69 Å². The molecular weight excluding hydrogens is 282 g/mol. The highest BCUT2D eigenvalue weighted by molar-refractivity contribution is 6.03. The third-order valence-electron chi connectivity index (χ3n) is 3.09. The Labute approximate surface area is 127 Å². The number of anilines is 2. The number of hydrogen-bond acceptors (Lipinski definition) is 4. The van der Waals surface area contributed by atoms with Gasteiger partial charge in [0.25, 0.3) is 5.91 Å². The van der Waals surface area contributed by atoms with Gasteiger partial charge in [-0.2, -0.15) is 0 Å². The third-order valence-corrected chi connectivity index (χ3v) is 3.09. The molecule has 1 saturated carbocycles. The average Bonchev–Trinajstić information content (AvgIpc) is 3.32. The van der Waals surface area contributed by atoms with Crippen molar-refractivity contribution in [1.29, 1.82) is 0 Å². The largest absolute Gasteiger partial charge is 0.335 e. The summed E-state index contributed by atoms with van der Waals surface area (Å²) in [4.78, 5) is 31.5. The Kier molecular flexibility index (Phi) is 3.95. The summed E-state index contributed by atoms with van der Waals surface area (Å²) in [5, 5.41) is 8.28. The van der Waals surface area contributed by atoms with E-state index < -0.39 is 0 Å². The van der Waals surface area contributed by atoms with Crippen LogP contribution >= 0.6 is 0 Å². The van der Waals surface area contributed by atoms with Gasteiger partial charge in [-0.05, 0) is 31.0 Å². The quantitative estimate of drug-likeness (QED) is 0.804. The van der Waals surface area contributed by atoms with E-state index in [-0.39, 0.29) is 17.6 Å². The summed E-state index contributed by atoms with van der Waals surface area (Å²) < 4.78 is 0. The van der Waals surface area contributed by atoms with E-state index in [9.17, 15) is 9.59 Å². The van der Waals surface area contributed by atoms with Gasteiger partial charge in [-0.3, -0.25) is 9.78 Å². The predicted octanol–water partition coefficient (Wildman–Crippen LogP) is 2.01. The van der Waals surface area contributed by atoms with E-state index in [0.717, 1.165) is 12.8 Å². The zero-order chi connectivity index (χ0) is 15.4. The molecule has 0 spiro atoms. The van der Waals surface area contributed by atoms with Crippen LogP contribution in [-0.4, -0.2) is 27.9 Å². The Morgan fingerprint density at radius 3 is 2.55 bits per heavy atom. The lowest BCUT2D eigenvalue weighted by Gasteiger charge is -2.09. The summed E-state index contributed by atoms with van der Waals surface area (Å²) >= 11 is 0. The number of carbonyl (C=O) groups is 2. The van der Waals surface area contributed by atoms with Crippen LogP contribution in [0.4, 0.5) is 16.2 Å². The van der Waals surface area contributed by atoms with Crippen LogP contribution in [0.25, 0.3) is 0 Å². The molecule has 0 bridgehead atoms. The predicted molar refractivity (Wildman–Crippen MR) is 81.6 cm³/mol. The fourth-order valence-electron chi connectivity index (χ4n) is 1.87. The van der Waals surface area contributed by atoms with Gasteiger partial charge in [0, 0.05) is 29.8 Å². The molecule has 0 aliphatic heterocycles. The highest BCUT2D eigenvalue weighted by Crippen LogP contribution is 2.19. The number of nitrogens with one attached hydrogen (secondary N) is 3. The van der Waals surface area contributed by atoms with Crippen molar-refractivity contribution < 1.29 is 9.59 Å². The van der Waals surface area contributed by atoms with Crippen LogP contribution in [0.3, 0.4) is 0 Å². The Morgan fingerprint density at radius 2 is 1.86 bits per heavy atom. The number of amides is 3. The van der Waals surface area contributed by atoms with Crippen LogP contribution in [0, 0.1) is 0 Å². The summed E-state index contributed by atoms with van der Waals surface area (Å²) in [6.45, 7) is 0. The molecule has 1 aliphatic carbocycles. The summed E-state index contributed by atoms with van der Waals surface area (Å²) in [7, 11) is 0. The number of urea groups is 1. The Bertz CT molecular complexity index is 685. The molecule has 7 nitrogen and oxygen atoms in total. The van der Waals surface area contributed by atoms with Crippen molar-refractivity contribution in [2.75, 3.05) is 10.6 Å². The van der Waals surface area contributed by atoms with E-state index >= 15 is 0 Å². The number of benzene rings is 1. The standard InChI is InChI=1S/C15H15N5O2/c21-14(13-9-16-6-7-17-13)18-11-2-1-3-12(8-11)20-15(22)19-10-4-5-10/h1-3,6-10H,4-5H2,(H,18,21)(H2,19,20,22). The van der Waals surface area contributed by atoms with Gasteiger partial charge in [-0.15, -0.1) is 0 Å². The van der Waals surface area contributed by atoms with Crippen LogP contribution in [0.2, 0.25) is 0 Å². The van der Waals surface area contributed by atoms with Gasteiger partial charge in [-0.1, -0.05) is 6.07 Å². The van der Waals surface area contributed by atoms with Crippen LogP contribution in [-0.2, 0) is 0 Å². The highest BCUT2D eigenvalue weighted by Gasteiger charge is 2.23. The van der Waals surface area contributed by atoms with Crippen LogP contribution < -0.4 is 16.0 Å². The molecule has 2 aromatic rings. The number of carbonyl (C=O) groups excluding carboxylic acids is 2. The molecule has 3 amide bonds. The maximum Gasteiger partial charge on any atom is 0.319 e. The maximum atomic E-state index is 12.0. The highest BCUT2D eigenvalue weighted by atomic mass is 16.2. The fraction of sp³-hybridized carbons (Fsp3) is 0.200. The molecule has 3 N–H and O–H groups in total. The van der Waals surface area contributed by atoms with Gasteiger partial charge >= 0.3 is 6.03 Å². The average molecular weight is 297 g/mol. The minimum absolute atomic E-state index is 0.229. The number of nitrogens with zero attached hydrogens (tertiary/aromatic N) is 2. The van der Waals surface area contributed by atoms with Crippen molar-refractivity contribution in [3.63, 3.8) is 0 Å². The molecule has 3 rings (SSSR count). The molecule has 7 heteroatoms. The minimum Gasteiger partial charge on any atom is -0.335 e. The van der Waals surface area contributed by atoms with E-state index in [1.54, 1.807) is 24.3 Å². The summed E-state index contributed by atoms with van der Waals surface area (Å²) in [5.74, 6) is -0.354. The zero-order valence-electron chi connectivity index (χ0n) is 11.7. The second-order valence-corrected chi connectivity index (χ2v) is 5.00. The van der Waals surface area contributed by atoms with E-state index in [4.69, 9.17) is 0 Å². The van der Waals surface area contributed by atoms with Crippen molar-refractivity contribution >= 4 is 23.3 Å². The lowest BCUT2D eigenvalue weighted by atomic mass is 10.2. The van der Waals surface area contributed by atoms with Crippen LogP contribution in [0.5, 0.6) is 0 Å². The molecule has 0 unspecified atom stereocenters. The summed E-state index contributed by atoms with van der Waals surface area (Å²) in [6, 6.07) is 6.97. The van der Waals surface area contributed by atoms with Gasteiger partial charge in [0.2, 0.25) is 0 Å². The first-order valence-corrected chi connectivity index (χ1v) is 6.95. The molecule has 112 valence electrons. The summed E-state index contributed by atoms with van der Waals surface area (Å²) in [6.07, 6.45) is 6.40. The third kappa shape index (κ3) is 3.78. The van der Waals surface area contributed by atoms with Gasteiger partial charge in [-0.25, -0.2) is 9.78 Å². The zero-order valence-corrected chi connectivity index (χ0v) is 11.7. The fourth-order valence-corrected chi connectivity index (χ4v) is 1.87. The minimum atomic E-state index is -0.354. The SMILES string of the molecule is O=C(Nc1cccc(NC(=O)c2cnccn2)c1)NC1CC1. The lowest BCUT2D eigenvalue weighted by molar-refractivity contribution is 0.102. The maximum absolute atomic E-state index is 12.0. The van der Waals surface area contributed by atoms with Crippen molar-refractivity contribution in [2.45, 2.75) is 18.9 Å². The molecule has 1 heterocycles. The number of aromatic nitrogens is 2. The van der Waals surface area contributed by atoms with Crippen molar-refractivity contribution in [2.24, 2.45) is 0 Å². The number of rotatable bonds is 4. The second kappa shape index (κ2) is 6.21. The molecule has 1 aromatic heterocycles. The Morgan fingerprint density at radius 1 is 1.09 bits per heavy atom. The van der Waals surface area contributed by atoms with Crippen LogP contribution in [0.15, 0.2) is 42.9 Å². The van der Waals surface area contributed by atoms with Gasteiger partial charge in [0.05, 0.1) is 6.20 Å². The normalized spacial score (nSPS) is 13.3. The van der Waals surface area contributed by atoms with Crippen LogP contribution in [0.1, 0.15) is 23.3 Å². The molecule has 1 aliphatic rings. The molecule has 0 radical (unpaired) electrons. The smallest absolute Gasteiger partial charge is 0.319 e. The van der Waals surface area contributed by atoms with Crippen molar-refractivity contribution in [3.8, 4) is 0 Å². The van der Waals surface area contributed by atoms with Gasteiger partial charge < -0.3 is 16.0 Å². The van der Waals surface area contributed by atoms with Crippen molar-refractivity contribution in [3.05, 3.63) is 48.5 Å². The van der Waals surface area contributed by atoms with E-state index in [0.29, 0.717) is 17.4 Å².